The van der Waals surface area contributed by atoms with Crippen molar-refractivity contribution >= 4 is 6.29 Å². The smallest absolute Gasteiger partial charge is 0.405 e. The Balaban J connectivity index is 3.11. The van der Waals surface area contributed by atoms with E-state index in [9.17, 15) is 18.0 Å². The summed E-state index contributed by atoms with van der Waals surface area (Å²) in [7, 11) is 0. The first kappa shape index (κ1) is 10.6. The van der Waals surface area contributed by atoms with Gasteiger partial charge in [0.15, 0.2) is 6.29 Å². The number of alkyl halides is 3. The van der Waals surface area contributed by atoms with Crippen molar-refractivity contribution in [2.24, 2.45) is 0 Å². The van der Waals surface area contributed by atoms with Crippen LogP contribution in [0.1, 0.15) is 15.9 Å². The third kappa shape index (κ3) is 2.48. The van der Waals surface area contributed by atoms with Gasteiger partial charge in [0, 0.05) is 0 Å². The van der Waals surface area contributed by atoms with E-state index >= 15 is 0 Å². The van der Waals surface area contributed by atoms with Gasteiger partial charge in [0.05, 0.1) is 5.56 Å². The molecule has 0 aromatic heterocycles. The molecule has 0 spiro atoms. The summed E-state index contributed by atoms with van der Waals surface area (Å²) in [5, 5.41) is 0. The molecule has 1 aromatic rings. The Morgan fingerprint density at radius 2 is 2.00 bits per heavy atom. The maximum Gasteiger partial charge on any atom is 0.573 e. The van der Waals surface area contributed by atoms with Gasteiger partial charge in [0.2, 0.25) is 0 Å². The topological polar surface area (TPSA) is 26.3 Å². The summed E-state index contributed by atoms with van der Waals surface area (Å²) >= 11 is 0. The first-order valence-electron chi connectivity index (χ1n) is 3.74. The van der Waals surface area contributed by atoms with Gasteiger partial charge >= 0.3 is 6.36 Å². The van der Waals surface area contributed by atoms with Crippen molar-refractivity contribution in [1.29, 1.82) is 0 Å². The summed E-state index contributed by atoms with van der Waals surface area (Å²) < 4.78 is 39.4. The average Bonchev–Trinajstić information content (AvgIpc) is 2.06. The van der Waals surface area contributed by atoms with Crippen LogP contribution in [0.25, 0.3) is 0 Å². The predicted octanol–water partition coefficient (Wildman–Crippen LogP) is 2.71. The summed E-state index contributed by atoms with van der Waals surface area (Å²) in [6, 6.07) is 4.19. The van der Waals surface area contributed by atoms with Gasteiger partial charge < -0.3 is 4.74 Å². The molecule has 0 aliphatic heterocycles. The lowest BCUT2D eigenvalue weighted by Crippen LogP contribution is -2.18. The number of para-hydroxylation sites is 1. The Bertz CT molecular complexity index is 344. The highest BCUT2D eigenvalue weighted by atomic mass is 19.4. The monoisotopic (exact) mass is 204 g/mol. The highest BCUT2D eigenvalue weighted by molar-refractivity contribution is 5.80. The number of hydrogen-bond acceptors (Lipinski definition) is 2. The molecular weight excluding hydrogens is 197 g/mol. The number of rotatable bonds is 2. The molecule has 0 unspecified atom stereocenters. The second-order valence-corrected chi connectivity index (χ2v) is 2.66. The highest BCUT2D eigenvalue weighted by Crippen LogP contribution is 2.28. The first-order chi connectivity index (χ1) is 6.44. The Hall–Kier alpha value is -1.52. The molecule has 0 heterocycles. The van der Waals surface area contributed by atoms with E-state index in [-0.39, 0.29) is 11.1 Å². The van der Waals surface area contributed by atoms with Crippen molar-refractivity contribution in [2.45, 2.75) is 13.3 Å². The number of aldehydes is 1. The van der Waals surface area contributed by atoms with Crippen molar-refractivity contribution in [3.63, 3.8) is 0 Å². The van der Waals surface area contributed by atoms with E-state index in [0.717, 1.165) is 0 Å². The van der Waals surface area contributed by atoms with Gasteiger partial charge in [0.25, 0.3) is 0 Å². The van der Waals surface area contributed by atoms with Gasteiger partial charge in [-0.25, -0.2) is 0 Å². The Morgan fingerprint density at radius 1 is 1.36 bits per heavy atom. The van der Waals surface area contributed by atoms with Crippen molar-refractivity contribution in [3.05, 3.63) is 29.3 Å². The average molecular weight is 204 g/mol. The third-order valence-electron chi connectivity index (χ3n) is 1.59. The molecule has 1 aromatic carbocycles. The fourth-order valence-electron chi connectivity index (χ4n) is 1.02. The zero-order valence-corrected chi connectivity index (χ0v) is 7.26. The summed E-state index contributed by atoms with van der Waals surface area (Å²) in [6.07, 6.45) is -4.45. The summed E-state index contributed by atoms with van der Waals surface area (Å²) in [6.45, 7) is 1.44. The Labute approximate surface area is 78.3 Å². The fraction of sp³-hybridized carbons (Fsp3) is 0.222. The van der Waals surface area contributed by atoms with Crippen molar-refractivity contribution in [1.82, 2.24) is 0 Å². The number of benzene rings is 1. The van der Waals surface area contributed by atoms with E-state index in [1.807, 2.05) is 0 Å². The Morgan fingerprint density at radius 3 is 2.50 bits per heavy atom. The van der Waals surface area contributed by atoms with Crippen molar-refractivity contribution in [2.75, 3.05) is 0 Å². The van der Waals surface area contributed by atoms with Crippen LogP contribution in [-0.2, 0) is 0 Å². The largest absolute Gasteiger partial charge is 0.573 e. The quantitative estimate of drug-likeness (QED) is 0.692. The lowest BCUT2D eigenvalue weighted by atomic mass is 10.1. The van der Waals surface area contributed by atoms with Gasteiger partial charge in [-0.15, -0.1) is 13.2 Å². The van der Waals surface area contributed by atoms with Crippen LogP contribution in [-0.4, -0.2) is 12.6 Å². The molecule has 0 atom stereocenters. The number of carbonyl (C=O) groups excluding carboxylic acids is 1. The second kappa shape index (κ2) is 3.69. The van der Waals surface area contributed by atoms with E-state index in [4.69, 9.17) is 0 Å². The van der Waals surface area contributed by atoms with Crippen molar-refractivity contribution < 1.29 is 22.7 Å². The molecule has 0 N–H and O–H groups in total. The van der Waals surface area contributed by atoms with Crippen molar-refractivity contribution in [3.8, 4) is 5.75 Å². The van der Waals surface area contributed by atoms with Crippen LogP contribution in [0, 0.1) is 6.92 Å². The van der Waals surface area contributed by atoms with Gasteiger partial charge in [0.1, 0.15) is 5.75 Å². The van der Waals surface area contributed by atoms with Gasteiger partial charge in [-0.3, -0.25) is 4.79 Å². The molecular formula is C9H7F3O2. The molecule has 0 amide bonds. The minimum absolute atomic E-state index is 0.109. The minimum Gasteiger partial charge on any atom is -0.405 e. The third-order valence-corrected chi connectivity index (χ3v) is 1.59. The van der Waals surface area contributed by atoms with Gasteiger partial charge in [-0.1, -0.05) is 12.1 Å². The van der Waals surface area contributed by atoms with Crippen LogP contribution in [0.15, 0.2) is 18.2 Å². The lowest BCUT2D eigenvalue weighted by Gasteiger charge is -2.12. The molecule has 76 valence electrons. The van der Waals surface area contributed by atoms with E-state index < -0.39 is 12.1 Å². The fourth-order valence-corrected chi connectivity index (χ4v) is 1.02. The number of halogens is 3. The van der Waals surface area contributed by atoms with Crippen LogP contribution in [0.5, 0.6) is 5.75 Å². The molecule has 0 aliphatic carbocycles. The predicted molar refractivity (Wildman–Crippen MR) is 43.2 cm³/mol. The molecule has 0 radical (unpaired) electrons. The van der Waals surface area contributed by atoms with Crippen LogP contribution >= 0.6 is 0 Å². The lowest BCUT2D eigenvalue weighted by molar-refractivity contribution is -0.274. The molecule has 2 nitrogen and oxygen atoms in total. The highest BCUT2D eigenvalue weighted by Gasteiger charge is 2.32. The zero-order chi connectivity index (χ0) is 10.8. The molecule has 0 saturated heterocycles. The normalized spacial score (nSPS) is 11.1. The van der Waals surface area contributed by atoms with E-state index in [1.54, 1.807) is 0 Å². The van der Waals surface area contributed by atoms with Gasteiger partial charge in [-0.2, -0.15) is 0 Å². The number of carbonyl (C=O) groups is 1. The summed E-state index contributed by atoms with van der Waals surface area (Å²) in [4.78, 5) is 10.4. The van der Waals surface area contributed by atoms with E-state index in [2.05, 4.69) is 4.74 Å². The van der Waals surface area contributed by atoms with E-state index in [1.165, 1.54) is 25.1 Å². The number of hydrogen-bond donors (Lipinski definition) is 0. The molecule has 14 heavy (non-hydrogen) atoms. The zero-order valence-electron chi connectivity index (χ0n) is 7.26. The van der Waals surface area contributed by atoms with E-state index in [0.29, 0.717) is 6.29 Å². The SMILES string of the molecule is Cc1cccc(C=O)c1OC(F)(F)F. The summed E-state index contributed by atoms with van der Waals surface area (Å²) in [5.41, 5.74) is 0.161. The molecule has 0 aliphatic rings. The molecule has 0 saturated carbocycles. The standard InChI is InChI=1S/C9H7F3O2/c1-6-3-2-4-7(5-13)8(6)14-9(10,11)12/h2-5H,1H3. The minimum atomic E-state index is -4.77. The summed E-state index contributed by atoms with van der Waals surface area (Å²) in [5.74, 6) is -0.435. The maximum atomic E-state index is 11.9. The molecule has 0 fully saturated rings. The number of ether oxygens (including phenoxy) is 1. The Kier molecular flexibility index (Phi) is 2.78. The molecule has 5 heteroatoms. The van der Waals surface area contributed by atoms with Crippen LogP contribution in [0.3, 0.4) is 0 Å². The molecule has 0 bridgehead atoms. The van der Waals surface area contributed by atoms with Crippen LogP contribution in [0.2, 0.25) is 0 Å². The molecule has 1 rings (SSSR count). The second-order valence-electron chi connectivity index (χ2n) is 2.66. The van der Waals surface area contributed by atoms with Crippen LogP contribution in [0.4, 0.5) is 13.2 Å². The maximum absolute atomic E-state index is 11.9. The van der Waals surface area contributed by atoms with Gasteiger partial charge in [-0.05, 0) is 18.6 Å². The van der Waals surface area contributed by atoms with Crippen LogP contribution < -0.4 is 4.74 Å². The number of aryl methyl sites for hydroxylation is 1. The first-order valence-corrected chi connectivity index (χ1v) is 3.74.